The molecule has 2 saturated heterocycles. The molecule has 4 unspecified atom stereocenters. The lowest BCUT2D eigenvalue weighted by molar-refractivity contribution is -0.143. The van der Waals surface area contributed by atoms with E-state index >= 15 is 0 Å². The fraction of sp³-hybridized carbons (Fsp3) is 0.700. The molecule has 3 heterocycles. The molecule has 0 amide bonds. The zero-order valence-corrected chi connectivity index (χ0v) is 22.5. The maximum absolute atomic E-state index is 13.3. The fourth-order valence-electron chi connectivity index (χ4n) is 7.40. The number of rotatable bonds is 4. The maximum Gasteiger partial charge on any atom is 0.332 e. The van der Waals surface area contributed by atoms with Gasteiger partial charge in [0.1, 0.15) is 6.54 Å². The third-order valence-corrected chi connectivity index (χ3v) is 9.34. The van der Waals surface area contributed by atoms with Crippen LogP contribution in [0.25, 0.3) is 10.9 Å². The van der Waals surface area contributed by atoms with Crippen molar-refractivity contribution in [1.29, 1.82) is 0 Å². The highest BCUT2D eigenvalue weighted by molar-refractivity contribution is 5.80. The summed E-state index contributed by atoms with van der Waals surface area (Å²) >= 11 is 0. The summed E-state index contributed by atoms with van der Waals surface area (Å²) in [6, 6.07) is 7.47. The van der Waals surface area contributed by atoms with Crippen LogP contribution < -0.4 is 16.6 Å². The minimum atomic E-state index is -0.476. The predicted molar refractivity (Wildman–Crippen MR) is 146 cm³/mol. The molecule has 1 aromatic heterocycles. The van der Waals surface area contributed by atoms with Gasteiger partial charge in [0.2, 0.25) is 0 Å². The Morgan fingerprint density at radius 3 is 2.35 bits per heavy atom. The van der Waals surface area contributed by atoms with E-state index in [0.717, 1.165) is 31.1 Å². The second kappa shape index (κ2) is 11.5. The molecule has 1 N–H and O–H groups in total. The molecule has 4 aliphatic rings. The van der Waals surface area contributed by atoms with E-state index in [9.17, 15) is 14.4 Å². The van der Waals surface area contributed by atoms with Crippen LogP contribution in [0.5, 0.6) is 0 Å². The number of carbonyl (C=O) groups is 1. The number of carbonyl (C=O) groups excluding carboxylic acids is 1. The second-order valence-electron chi connectivity index (χ2n) is 11.8. The minimum Gasteiger partial charge on any atom is -0.465 e. The first-order valence-corrected chi connectivity index (χ1v) is 14.6. The number of nitrogens with zero attached hydrogens (tertiary/aromatic N) is 2. The van der Waals surface area contributed by atoms with E-state index in [2.05, 4.69) is 12.2 Å². The van der Waals surface area contributed by atoms with E-state index in [1.54, 1.807) is 63.3 Å². The summed E-state index contributed by atoms with van der Waals surface area (Å²) in [7, 11) is 0. The standard InChI is InChI=1S/C21H27N3O4.C9H16/c1-3-28-19(25)12-23-18-7-5-4-6-16(18)20(26)24(21(23)27)15-10-14-9-8-13(2)17(11-15)22-14;1-3-8-5-2-6-9(4-1)7-8/h4-7,13-15,17,22H,3,8-12H2,1-2H3;8-9H,1-7H2. The van der Waals surface area contributed by atoms with Crippen LogP contribution >= 0.6 is 0 Å². The van der Waals surface area contributed by atoms with Crippen molar-refractivity contribution in [3.05, 3.63) is 45.1 Å². The fourth-order valence-corrected chi connectivity index (χ4v) is 7.40. The largest absolute Gasteiger partial charge is 0.465 e. The van der Waals surface area contributed by atoms with Crippen LogP contribution in [0, 0.1) is 17.8 Å². The lowest BCUT2D eigenvalue weighted by Crippen LogP contribution is -2.55. The quantitative estimate of drug-likeness (QED) is 0.599. The first-order valence-electron chi connectivity index (χ1n) is 14.6. The number of nitrogens with one attached hydrogen (secondary N) is 1. The molecule has 37 heavy (non-hydrogen) atoms. The van der Waals surface area contributed by atoms with Crippen molar-refractivity contribution in [2.45, 2.75) is 109 Å². The van der Waals surface area contributed by atoms with E-state index < -0.39 is 11.7 Å². The first-order chi connectivity index (χ1) is 17.9. The average Bonchev–Trinajstić information content (AvgIpc) is 2.90. The normalized spacial score (nSPS) is 30.8. The van der Waals surface area contributed by atoms with Crippen molar-refractivity contribution >= 4 is 16.9 Å². The number of fused-ring (bicyclic) bond motifs is 5. The zero-order valence-electron chi connectivity index (χ0n) is 22.5. The Morgan fingerprint density at radius 2 is 1.68 bits per heavy atom. The smallest absolute Gasteiger partial charge is 0.332 e. The van der Waals surface area contributed by atoms with Gasteiger partial charge in [0.15, 0.2) is 0 Å². The van der Waals surface area contributed by atoms with Crippen LogP contribution in [0.3, 0.4) is 0 Å². The van der Waals surface area contributed by atoms with Gasteiger partial charge in [-0.15, -0.1) is 0 Å². The number of aromatic nitrogens is 2. The maximum atomic E-state index is 13.3. The highest BCUT2D eigenvalue weighted by Crippen LogP contribution is 2.39. The number of hydrogen-bond donors (Lipinski definition) is 1. The summed E-state index contributed by atoms with van der Waals surface area (Å²) < 4.78 is 7.82. The summed E-state index contributed by atoms with van der Waals surface area (Å²) in [4.78, 5) is 38.7. The van der Waals surface area contributed by atoms with Crippen molar-refractivity contribution in [1.82, 2.24) is 14.5 Å². The minimum absolute atomic E-state index is 0.156. The SMILES string of the molecule is C1CC2CCCC(C1)C2.CCOC(=O)Cn1c(=O)n(C2CC3CCC(C)C(C2)N3)c(=O)c2ccccc21. The van der Waals surface area contributed by atoms with Crippen LogP contribution in [-0.4, -0.2) is 33.8 Å². The van der Waals surface area contributed by atoms with Gasteiger partial charge in [0, 0.05) is 18.1 Å². The molecular formula is C30H43N3O4. The van der Waals surface area contributed by atoms with Gasteiger partial charge in [0.05, 0.1) is 17.5 Å². The highest BCUT2D eigenvalue weighted by atomic mass is 16.5. The Bertz CT molecular complexity index is 1200. The van der Waals surface area contributed by atoms with Crippen molar-refractivity contribution in [3.63, 3.8) is 0 Å². The topological polar surface area (TPSA) is 82.3 Å². The summed E-state index contributed by atoms with van der Waals surface area (Å²) in [6.45, 7) is 4.01. The summed E-state index contributed by atoms with van der Waals surface area (Å²) in [6.07, 6.45) is 14.6. The van der Waals surface area contributed by atoms with E-state index in [0.29, 0.717) is 28.9 Å². The molecule has 2 aliphatic carbocycles. The number of para-hydroxylation sites is 1. The predicted octanol–water partition coefficient (Wildman–Crippen LogP) is 4.79. The van der Waals surface area contributed by atoms with Crippen LogP contribution in [0.4, 0.5) is 0 Å². The van der Waals surface area contributed by atoms with Crippen LogP contribution in [0.15, 0.2) is 33.9 Å². The Labute approximate surface area is 219 Å². The molecule has 4 atom stereocenters. The zero-order chi connectivity index (χ0) is 25.9. The molecule has 1 aromatic carbocycles. The van der Waals surface area contributed by atoms with Crippen LogP contribution in [0.1, 0.15) is 90.5 Å². The molecule has 202 valence electrons. The second-order valence-corrected chi connectivity index (χ2v) is 11.8. The number of ether oxygens (including phenoxy) is 1. The van der Waals surface area contributed by atoms with Gasteiger partial charge in [-0.3, -0.25) is 18.7 Å². The summed E-state index contributed by atoms with van der Waals surface area (Å²) in [5.41, 5.74) is -0.211. The summed E-state index contributed by atoms with van der Waals surface area (Å²) in [5, 5.41) is 4.10. The number of hydrogen-bond acceptors (Lipinski definition) is 5. The molecule has 2 aromatic rings. The van der Waals surface area contributed by atoms with Gasteiger partial charge in [-0.25, -0.2) is 4.79 Å². The van der Waals surface area contributed by atoms with E-state index in [-0.39, 0.29) is 24.8 Å². The van der Waals surface area contributed by atoms with Crippen molar-refractivity contribution in [2.75, 3.05) is 6.61 Å². The lowest BCUT2D eigenvalue weighted by Gasteiger charge is -2.44. The molecule has 6 rings (SSSR count). The van der Waals surface area contributed by atoms with Gasteiger partial charge >= 0.3 is 11.7 Å². The molecule has 0 spiro atoms. The average molecular weight is 510 g/mol. The van der Waals surface area contributed by atoms with Gasteiger partial charge in [-0.1, -0.05) is 57.6 Å². The van der Waals surface area contributed by atoms with E-state index in [1.165, 1.54) is 28.4 Å². The lowest BCUT2D eigenvalue weighted by atomic mass is 9.72. The van der Waals surface area contributed by atoms with E-state index in [4.69, 9.17) is 4.74 Å². The Balaban J connectivity index is 0.000000260. The number of benzene rings is 1. The Morgan fingerprint density at radius 1 is 0.973 bits per heavy atom. The monoisotopic (exact) mass is 509 g/mol. The number of esters is 1. The first kappa shape index (κ1) is 26.2. The molecule has 4 fully saturated rings. The molecular weight excluding hydrogens is 466 g/mol. The Hall–Kier alpha value is -2.41. The Kier molecular flexibility index (Phi) is 8.18. The molecule has 7 nitrogen and oxygen atoms in total. The van der Waals surface area contributed by atoms with Gasteiger partial charge in [-0.05, 0) is 68.9 Å². The molecule has 4 bridgehead atoms. The molecule has 7 heteroatoms. The van der Waals surface area contributed by atoms with E-state index in [1.807, 2.05) is 0 Å². The number of piperidine rings is 2. The molecule has 2 aliphatic heterocycles. The summed E-state index contributed by atoms with van der Waals surface area (Å²) in [5.74, 6) is 2.35. The van der Waals surface area contributed by atoms with Crippen molar-refractivity contribution in [3.8, 4) is 0 Å². The molecule has 2 saturated carbocycles. The van der Waals surface area contributed by atoms with Crippen LogP contribution in [0.2, 0.25) is 0 Å². The third kappa shape index (κ3) is 5.71. The van der Waals surface area contributed by atoms with Gasteiger partial charge in [-0.2, -0.15) is 0 Å². The van der Waals surface area contributed by atoms with Gasteiger partial charge < -0.3 is 10.1 Å². The van der Waals surface area contributed by atoms with Gasteiger partial charge in [0.25, 0.3) is 5.56 Å². The highest BCUT2D eigenvalue weighted by Gasteiger charge is 2.37. The van der Waals surface area contributed by atoms with Crippen LogP contribution in [-0.2, 0) is 16.1 Å². The van der Waals surface area contributed by atoms with Crippen molar-refractivity contribution < 1.29 is 9.53 Å². The molecule has 0 radical (unpaired) electrons. The third-order valence-electron chi connectivity index (χ3n) is 9.34. The van der Waals surface area contributed by atoms with Crippen molar-refractivity contribution in [2.24, 2.45) is 17.8 Å².